The van der Waals surface area contributed by atoms with Crippen LogP contribution in [0.4, 0.5) is 5.95 Å². The SMILES string of the molecule is CCNc1nc(SC)nc([AsH]C(C)(C)C)n1. The van der Waals surface area contributed by atoms with E-state index in [1.807, 2.05) is 13.2 Å². The van der Waals surface area contributed by atoms with E-state index in [2.05, 4.69) is 41.0 Å². The summed E-state index contributed by atoms with van der Waals surface area (Å²) in [5, 5.41) is 3.97. The Kier molecular flexibility index (Phi) is 5.06. The van der Waals surface area contributed by atoms with Crippen LogP contribution in [0, 0.1) is 0 Å². The summed E-state index contributed by atoms with van der Waals surface area (Å²) in [6.45, 7) is 9.60. The molecule has 0 aliphatic carbocycles. The average Bonchev–Trinajstić information content (AvgIpc) is 2.15. The van der Waals surface area contributed by atoms with Crippen LogP contribution in [0.2, 0.25) is 4.20 Å². The molecule has 0 amide bonds. The Labute approximate surface area is 108 Å². The zero-order valence-corrected chi connectivity index (χ0v) is 13.4. The molecular weight excluding hydrogens is 283 g/mol. The van der Waals surface area contributed by atoms with E-state index in [0.717, 1.165) is 16.3 Å². The topological polar surface area (TPSA) is 50.7 Å². The van der Waals surface area contributed by atoms with Crippen LogP contribution in [-0.4, -0.2) is 43.5 Å². The summed E-state index contributed by atoms with van der Waals surface area (Å²) < 4.78 is 1.31. The summed E-state index contributed by atoms with van der Waals surface area (Å²) in [7, 11) is 0. The maximum absolute atomic E-state index is 4.48. The summed E-state index contributed by atoms with van der Waals surface area (Å²) in [6, 6.07) is 0. The molecule has 0 aromatic carbocycles. The summed E-state index contributed by atoms with van der Waals surface area (Å²) >= 11 is 1.24. The van der Waals surface area contributed by atoms with Gasteiger partial charge in [0, 0.05) is 0 Å². The van der Waals surface area contributed by atoms with E-state index < -0.39 is 0 Å². The van der Waals surface area contributed by atoms with Crippen LogP contribution in [0.15, 0.2) is 5.16 Å². The van der Waals surface area contributed by atoms with E-state index in [-0.39, 0.29) is 15.8 Å². The number of nitrogens with one attached hydrogen (secondary N) is 1. The van der Waals surface area contributed by atoms with Crippen molar-refractivity contribution in [3.05, 3.63) is 0 Å². The molecule has 1 heterocycles. The van der Waals surface area contributed by atoms with Crippen molar-refractivity contribution < 1.29 is 0 Å². The standard InChI is InChI=1S/C10H19AsN4S/c1-6-12-8-13-7(11-10(2,3)4)14-9(15-8)16-5/h11H,6H2,1-5H3,(H,12,13,14,15). The molecule has 0 bridgehead atoms. The van der Waals surface area contributed by atoms with Crippen LogP contribution in [0.5, 0.6) is 0 Å². The van der Waals surface area contributed by atoms with Crippen LogP contribution in [0.1, 0.15) is 27.7 Å². The Morgan fingerprint density at radius 2 is 1.94 bits per heavy atom. The van der Waals surface area contributed by atoms with Gasteiger partial charge in [-0.2, -0.15) is 0 Å². The molecule has 1 aromatic rings. The second-order valence-corrected chi connectivity index (χ2v) is 9.76. The fourth-order valence-corrected chi connectivity index (χ4v) is 3.69. The number of hydrogen-bond donors (Lipinski definition) is 1. The van der Waals surface area contributed by atoms with Crippen molar-refractivity contribution >= 4 is 38.1 Å². The minimum atomic E-state index is -0.326. The summed E-state index contributed by atoms with van der Waals surface area (Å²) in [4.78, 5) is 13.3. The van der Waals surface area contributed by atoms with Crippen LogP contribution >= 0.6 is 11.8 Å². The molecule has 0 saturated carbocycles. The minimum absolute atomic E-state index is 0.320. The molecule has 6 heteroatoms. The third-order valence-electron chi connectivity index (χ3n) is 1.62. The molecule has 0 aliphatic rings. The zero-order valence-electron chi connectivity index (χ0n) is 10.5. The van der Waals surface area contributed by atoms with Crippen molar-refractivity contribution in [1.29, 1.82) is 0 Å². The third kappa shape index (κ3) is 4.70. The van der Waals surface area contributed by atoms with Gasteiger partial charge in [-0.25, -0.2) is 0 Å². The zero-order chi connectivity index (χ0) is 12.2. The van der Waals surface area contributed by atoms with E-state index >= 15 is 0 Å². The van der Waals surface area contributed by atoms with Gasteiger partial charge in [-0.1, -0.05) is 0 Å². The second kappa shape index (κ2) is 5.87. The number of hydrogen-bond acceptors (Lipinski definition) is 5. The third-order valence-corrected chi connectivity index (χ3v) is 4.68. The average molecular weight is 302 g/mol. The Hall–Kier alpha value is -0.282. The summed E-state index contributed by atoms with van der Waals surface area (Å²) in [5.74, 6) is 0.713. The normalized spacial score (nSPS) is 12.3. The number of thioether (sulfide) groups is 1. The molecule has 1 unspecified atom stereocenters. The molecule has 0 fully saturated rings. The predicted molar refractivity (Wildman–Crippen MR) is 72.3 cm³/mol. The van der Waals surface area contributed by atoms with Crippen LogP contribution < -0.4 is 9.93 Å². The van der Waals surface area contributed by atoms with Crippen molar-refractivity contribution in [2.45, 2.75) is 37.1 Å². The van der Waals surface area contributed by atoms with Gasteiger partial charge in [0.05, 0.1) is 0 Å². The van der Waals surface area contributed by atoms with E-state index in [9.17, 15) is 0 Å². The van der Waals surface area contributed by atoms with E-state index in [1.54, 1.807) is 11.8 Å². The number of rotatable bonds is 4. The molecule has 1 rings (SSSR count). The predicted octanol–water partition coefficient (Wildman–Crippen LogP) is 1.31. The molecule has 0 spiro atoms. The molecule has 1 aromatic heterocycles. The van der Waals surface area contributed by atoms with Crippen molar-refractivity contribution in [3.8, 4) is 0 Å². The van der Waals surface area contributed by atoms with Gasteiger partial charge in [0.1, 0.15) is 0 Å². The molecule has 1 N–H and O–H groups in total. The van der Waals surface area contributed by atoms with Crippen molar-refractivity contribution in [2.75, 3.05) is 18.1 Å². The van der Waals surface area contributed by atoms with Gasteiger partial charge >= 0.3 is 108 Å². The Bertz CT molecular complexity index is 351. The molecule has 0 saturated heterocycles. The first-order valence-electron chi connectivity index (χ1n) is 5.26. The van der Waals surface area contributed by atoms with Crippen molar-refractivity contribution in [1.82, 2.24) is 15.0 Å². The van der Waals surface area contributed by atoms with Gasteiger partial charge < -0.3 is 0 Å². The fraction of sp³-hybridized carbons (Fsp3) is 0.700. The van der Waals surface area contributed by atoms with Gasteiger partial charge in [-0.15, -0.1) is 0 Å². The molecule has 90 valence electrons. The first kappa shape index (κ1) is 13.8. The Morgan fingerprint density at radius 3 is 2.44 bits per heavy atom. The number of nitrogens with zero attached hydrogens (tertiary/aromatic N) is 3. The summed E-state index contributed by atoms with van der Waals surface area (Å²) in [5.41, 5.74) is 0. The first-order chi connectivity index (χ1) is 7.44. The molecule has 0 aliphatic heterocycles. The molecule has 16 heavy (non-hydrogen) atoms. The number of anilines is 1. The van der Waals surface area contributed by atoms with E-state index in [1.165, 1.54) is 0 Å². The monoisotopic (exact) mass is 302 g/mol. The molecular formula is C10H19AsN4S. The maximum atomic E-state index is 4.48. The van der Waals surface area contributed by atoms with E-state index in [4.69, 9.17) is 0 Å². The second-order valence-electron chi connectivity index (χ2n) is 4.37. The van der Waals surface area contributed by atoms with Crippen LogP contribution in [0.25, 0.3) is 0 Å². The van der Waals surface area contributed by atoms with Crippen molar-refractivity contribution in [3.63, 3.8) is 0 Å². The van der Waals surface area contributed by atoms with Crippen LogP contribution in [-0.2, 0) is 0 Å². The molecule has 0 radical (unpaired) electrons. The Balaban J connectivity index is 2.95. The van der Waals surface area contributed by atoms with Gasteiger partial charge in [0.2, 0.25) is 0 Å². The Morgan fingerprint density at radius 1 is 1.25 bits per heavy atom. The summed E-state index contributed by atoms with van der Waals surface area (Å²) in [6.07, 6.45) is 1.99. The molecule has 4 nitrogen and oxygen atoms in total. The van der Waals surface area contributed by atoms with Gasteiger partial charge in [-0.05, 0) is 0 Å². The molecule has 1 atom stereocenters. The van der Waals surface area contributed by atoms with Crippen LogP contribution in [0.3, 0.4) is 0 Å². The van der Waals surface area contributed by atoms with Crippen molar-refractivity contribution in [2.24, 2.45) is 0 Å². The number of aromatic nitrogens is 3. The fourth-order valence-electron chi connectivity index (χ4n) is 1.08. The van der Waals surface area contributed by atoms with Gasteiger partial charge in [-0.3, -0.25) is 0 Å². The quantitative estimate of drug-likeness (QED) is 0.671. The van der Waals surface area contributed by atoms with Gasteiger partial charge in [0.25, 0.3) is 0 Å². The first-order valence-corrected chi connectivity index (χ1v) is 8.59. The van der Waals surface area contributed by atoms with E-state index in [0.29, 0.717) is 10.2 Å². The van der Waals surface area contributed by atoms with Gasteiger partial charge in [0.15, 0.2) is 0 Å².